The summed E-state index contributed by atoms with van der Waals surface area (Å²) in [5.74, 6) is -0.506. The van der Waals surface area contributed by atoms with Gasteiger partial charge in [-0.3, -0.25) is 9.59 Å². The van der Waals surface area contributed by atoms with Crippen LogP contribution in [-0.4, -0.2) is 37.9 Å². The molecule has 1 atom stereocenters. The highest BCUT2D eigenvalue weighted by atomic mass is 16.6. The fourth-order valence-corrected chi connectivity index (χ4v) is 6.30. The Hall–Kier alpha value is -2.92. The molecule has 0 fully saturated rings. The van der Waals surface area contributed by atoms with Gasteiger partial charge in [-0.2, -0.15) is 0 Å². The number of ether oxygens (including phenoxy) is 3. The molecule has 0 amide bonds. The Bertz CT molecular complexity index is 1090. The van der Waals surface area contributed by atoms with Gasteiger partial charge in [0, 0.05) is 19.4 Å². The SMILES string of the molecule is CC/C=C\C/C=C\C/C=C\C/C=C\CCC(=O)OC(COCCCCCCCC/C=C\CCCC)COC(=O)CCCCCCCCC/C=C\C/C=C\CCCCC. The Balaban J connectivity index is 4.36. The molecule has 1 unspecified atom stereocenters. The third-order valence-electron chi connectivity index (χ3n) is 9.90. The van der Waals surface area contributed by atoms with E-state index < -0.39 is 6.10 Å². The minimum absolute atomic E-state index is 0.0468. The van der Waals surface area contributed by atoms with Crippen LogP contribution in [0.15, 0.2) is 85.1 Å². The molecule has 0 aromatic heterocycles. The Morgan fingerprint density at radius 2 is 0.828 bits per heavy atom. The molecule has 0 spiro atoms. The third kappa shape index (κ3) is 45.8. The van der Waals surface area contributed by atoms with E-state index in [1.165, 1.54) is 109 Å². The van der Waals surface area contributed by atoms with Crippen molar-refractivity contribution in [2.45, 2.75) is 219 Å². The lowest BCUT2D eigenvalue weighted by molar-refractivity contribution is -0.162. The molecule has 0 bridgehead atoms. The molecule has 0 aromatic rings. The highest BCUT2D eigenvalue weighted by molar-refractivity contribution is 5.70. The van der Waals surface area contributed by atoms with Gasteiger partial charge in [-0.1, -0.05) is 189 Å². The normalized spacial score (nSPS) is 12.9. The van der Waals surface area contributed by atoms with E-state index in [9.17, 15) is 9.59 Å². The lowest BCUT2D eigenvalue weighted by Gasteiger charge is -2.18. The summed E-state index contributed by atoms with van der Waals surface area (Å²) in [6, 6.07) is 0. The van der Waals surface area contributed by atoms with E-state index in [0.717, 1.165) is 64.2 Å². The van der Waals surface area contributed by atoms with Crippen LogP contribution in [0.25, 0.3) is 0 Å². The van der Waals surface area contributed by atoms with Gasteiger partial charge in [-0.15, -0.1) is 0 Å². The van der Waals surface area contributed by atoms with Crippen molar-refractivity contribution in [3.8, 4) is 0 Å². The van der Waals surface area contributed by atoms with Gasteiger partial charge < -0.3 is 14.2 Å². The molecule has 5 heteroatoms. The van der Waals surface area contributed by atoms with Crippen LogP contribution in [0.4, 0.5) is 0 Å². The van der Waals surface area contributed by atoms with E-state index in [0.29, 0.717) is 25.9 Å². The first kappa shape index (κ1) is 55.1. The van der Waals surface area contributed by atoms with E-state index in [1.807, 2.05) is 6.08 Å². The van der Waals surface area contributed by atoms with Gasteiger partial charge in [0.25, 0.3) is 0 Å². The zero-order valence-corrected chi connectivity index (χ0v) is 38.0. The van der Waals surface area contributed by atoms with Crippen molar-refractivity contribution < 1.29 is 23.8 Å². The molecule has 0 aliphatic heterocycles. The van der Waals surface area contributed by atoms with Crippen LogP contribution in [-0.2, 0) is 23.8 Å². The molecular weight excluding hydrogens is 717 g/mol. The van der Waals surface area contributed by atoms with Crippen molar-refractivity contribution in [1.82, 2.24) is 0 Å². The molecule has 0 N–H and O–H groups in total. The van der Waals surface area contributed by atoms with Crippen molar-refractivity contribution in [2.24, 2.45) is 0 Å². The van der Waals surface area contributed by atoms with Crippen LogP contribution in [0.3, 0.4) is 0 Å². The van der Waals surface area contributed by atoms with E-state index in [4.69, 9.17) is 14.2 Å². The predicted octanol–water partition coefficient (Wildman–Crippen LogP) is 16.1. The molecule has 0 rings (SSSR count). The molecule has 0 aromatic carbocycles. The average Bonchev–Trinajstić information content (AvgIpc) is 3.22. The number of esters is 2. The Kier molecular flexibility index (Phi) is 46.0. The van der Waals surface area contributed by atoms with Gasteiger partial charge in [0.1, 0.15) is 6.61 Å². The lowest BCUT2D eigenvalue weighted by atomic mass is 10.1. The lowest BCUT2D eigenvalue weighted by Crippen LogP contribution is -2.30. The molecule has 58 heavy (non-hydrogen) atoms. The first-order valence-electron chi connectivity index (χ1n) is 24.1. The van der Waals surface area contributed by atoms with Crippen molar-refractivity contribution in [3.63, 3.8) is 0 Å². The smallest absolute Gasteiger partial charge is 0.306 e. The number of carbonyl (C=O) groups is 2. The molecule has 5 nitrogen and oxygen atoms in total. The van der Waals surface area contributed by atoms with Crippen LogP contribution in [0.2, 0.25) is 0 Å². The molecule has 0 aliphatic rings. The maximum Gasteiger partial charge on any atom is 0.306 e. The van der Waals surface area contributed by atoms with Gasteiger partial charge in [0.15, 0.2) is 6.10 Å². The first-order valence-corrected chi connectivity index (χ1v) is 24.1. The van der Waals surface area contributed by atoms with Crippen molar-refractivity contribution in [1.29, 1.82) is 0 Å². The predicted molar refractivity (Wildman–Crippen MR) is 251 cm³/mol. The molecule has 0 radical (unpaired) electrons. The topological polar surface area (TPSA) is 61.8 Å². The summed E-state index contributed by atoms with van der Waals surface area (Å²) >= 11 is 0. The second-order valence-electron chi connectivity index (χ2n) is 15.6. The van der Waals surface area contributed by atoms with Crippen LogP contribution in [0.1, 0.15) is 213 Å². The number of allylic oxidation sites excluding steroid dienone is 14. The van der Waals surface area contributed by atoms with Crippen LogP contribution in [0, 0.1) is 0 Å². The van der Waals surface area contributed by atoms with Crippen molar-refractivity contribution >= 4 is 11.9 Å². The summed E-state index contributed by atoms with van der Waals surface area (Å²) in [4.78, 5) is 25.3. The summed E-state index contributed by atoms with van der Waals surface area (Å²) < 4.78 is 17.3. The standard InChI is InChI=1S/C53H90O5/c1-4-7-10-13-16-19-22-25-26-27-28-30-31-34-37-40-43-46-52(54)57-50-51(49-56-48-45-42-39-36-33-24-21-18-15-12-9-6-3)58-53(55)47-44-41-38-35-32-29-23-20-17-14-11-8-5-2/h8,11,15-20,25-26,29,32,38,41,51H,4-7,9-10,12-14,21-24,27-28,30-31,33-37,39-40,42-50H2,1-3H3/b11-8-,18-15-,19-16-,20-17-,26-25-,32-29-,41-38-. The van der Waals surface area contributed by atoms with E-state index in [-0.39, 0.29) is 25.2 Å². The van der Waals surface area contributed by atoms with E-state index in [2.05, 4.69) is 99.8 Å². The summed E-state index contributed by atoms with van der Waals surface area (Å²) in [5, 5.41) is 0. The van der Waals surface area contributed by atoms with Gasteiger partial charge in [-0.25, -0.2) is 0 Å². The maximum atomic E-state index is 12.7. The molecular formula is C53H90O5. The Labute approximate surface area is 359 Å². The van der Waals surface area contributed by atoms with E-state index >= 15 is 0 Å². The number of hydrogen-bond donors (Lipinski definition) is 0. The fraction of sp³-hybridized carbons (Fsp3) is 0.698. The van der Waals surface area contributed by atoms with E-state index in [1.54, 1.807) is 0 Å². The Morgan fingerprint density at radius 1 is 0.397 bits per heavy atom. The van der Waals surface area contributed by atoms with Crippen LogP contribution < -0.4 is 0 Å². The van der Waals surface area contributed by atoms with Crippen LogP contribution in [0.5, 0.6) is 0 Å². The minimum atomic E-state index is -0.582. The van der Waals surface area contributed by atoms with Crippen molar-refractivity contribution in [3.05, 3.63) is 85.1 Å². The van der Waals surface area contributed by atoms with Gasteiger partial charge in [0.2, 0.25) is 0 Å². The number of hydrogen-bond acceptors (Lipinski definition) is 5. The molecule has 0 heterocycles. The maximum absolute atomic E-state index is 12.7. The summed E-state index contributed by atoms with van der Waals surface area (Å²) in [6.07, 6.45) is 63.1. The minimum Gasteiger partial charge on any atom is -0.462 e. The number of carbonyl (C=O) groups excluding carboxylic acids is 2. The molecule has 332 valence electrons. The van der Waals surface area contributed by atoms with Gasteiger partial charge in [0.05, 0.1) is 6.61 Å². The zero-order chi connectivity index (χ0) is 42.1. The van der Waals surface area contributed by atoms with Crippen LogP contribution >= 0.6 is 0 Å². The second-order valence-corrected chi connectivity index (χ2v) is 15.6. The zero-order valence-electron chi connectivity index (χ0n) is 38.0. The highest BCUT2D eigenvalue weighted by Gasteiger charge is 2.17. The summed E-state index contributed by atoms with van der Waals surface area (Å²) in [7, 11) is 0. The number of rotatable bonds is 43. The third-order valence-corrected chi connectivity index (χ3v) is 9.90. The van der Waals surface area contributed by atoms with Gasteiger partial charge in [-0.05, 0) is 96.3 Å². The largest absolute Gasteiger partial charge is 0.462 e. The second kappa shape index (κ2) is 48.4. The van der Waals surface area contributed by atoms with Crippen molar-refractivity contribution in [2.75, 3.05) is 19.8 Å². The molecule has 0 saturated carbocycles. The van der Waals surface area contributed by atoms with Gasteiger partial charge >= 0.3 is 11.9 Å². The quantitative estimate of drug-likeness (QED) is 0.0349. The average molecular weight is 807 g/mol. The fourth-order valence-electron chi connectivity index (χ4n) is 6.30. The summed E-state index contributed by atoms with van der Waals surface area (Å²) in [5.41, 5.74) is 0. The first-order chi connectivity index (χ1) is 28.6. The summed E-state index contributed by atoms with van der Waals surface area (Å²) in [6.45, 7) is 7.55. The molecule has 0 saturated heterocycles. The number of unbranched alkanes of at least 4 members (excludes halogenated alkanes) is 18. The molecule has 0 aliphatic carbocycles. The Morgan fingerprint density at radius 3 is 1.38 bits per heavy atom. The monoisotopic (exact) mass is 807 g/mol. The highest BCUT2D eigenvalue weighted by Crippen LogP contribution is 2.12.